The number of hydrogen-bond donors (Lipinski definition) is 1. The van der Waals surface area contributed by atoms with E-state index in [1.54, 1.807) is 6.20 Å². The van der Waals surface area contributed by atoms with E-state index < -0.39 is 0 Å². The fourth-order valence-electron chi connectivity index (χ4n) is 1.38. The minimum absolute atomic E-state index is 0.509. The molecule has 0 aliphatic rings. The molecule has 0 radical (unpaired) electrons. The van der Waals surface area contributed by atoms with Crippen LogP contribution in [0.15, 0.2) is 34.9 Å². The third-order valence-corrected chi connectivity index (χ3v) is 2.77. The summed E-state index contributed by atoms with van der Waals surface area (Å²) in [6.07, 6.45) is 1.79. The van der Waals surface area contributed by atoms with Crippen LogP contribution >= 0.6 is 15.9 Å². The van der Waals surface area contributed by atoms with Crippen LogP contribution in [0.4, 0.5) is 0 Å². The molecule has 0 saturated carbocycles. The van der Waals surface area contributed by atoms with E-state index in [0.29, 0.717) is 6.54 Å². The Morgan fingerprint density at radius 3 is 2.92 bits per heavy atom. The highest BCUT2D eigenvalue weighted by Gasteiger charge is 2.03. The van der Waals surface area contributed by atoms with Gasteiger partial charge in [-0.25, -0.2) is 0 Å². The molecule has 0 saturated heterocycles. The Bertz CT molecular complexity index is 440. The second-order valence-corrected chi connectivity index (χ2v) is 3.66. The van der Waals surface area contributed by atoms with Gasteiger partial charge >= 0.3 is 0 Å². The van der Waals surface area contributed by atoms with Gasteiger partial charge in [0.25, 0.3) is 0 Å². The molecule has 0 spiro atoms. The summed E-state index contributed by atoms with van der Waals surface area (Å²) in [5, 5.41) is 1.13. The molecule has 2 aromatic rings. The molecule has 0 atom stereocenters. The quantitative estimate of drug-likeness (QED) is 0.827. The molecule has 3 heteroatoms. The number of halogens is 1. The first-order valence-electron chi connectivity index (χ1n) is 4.05. The van der Waals surface area contributed by atoms with Crippen LogP contribution in [-0.2, 0) is 6.54 Å². The fourth-order valence-corrected chi connectivity index (χ4v) is 1.86. The molecule has 2 rings (SSSR count). The van der Waals surface area contributed by atoms with Crippen molar-refractivity contribution in [3.8, 4) is 0 Å². The maximum Gasteiger partial charge on any atom is 0.0758 e. The van der Waals surface area contributed by atoms with Crippen molar-refractivity contribution < 1.29 is 0 Å². The molecule has 1 aromatic heterocycles. The van der Waals surface area contributed by atoms with Gasteiger partial charge in [0.1, 0.15) is 0 Å². The first kappa shape index (κ1) is 8.66. The lowest BCUT2D eigenvalue weighted by Gasteiger charge is -2.04. The molecular formula is C10H9BrN2. The highest BCUT2D eigenvalue weighted by atomic mass is 79.9. The molecule has 0 unspecified atom stereocenters. The molecule has 13 heavy (non-hydrogen) atoms. The Hall–Kier alpha value is -0.930. The number of hydrogen-bond acceptors (Lipinski definition) is 2. The first-order valence-corrected chi connectivity index (χ1v) is 4.84. The lowest BCUT2D eigenvalue weighted by Crippen LogP contribution is -1.99. The average Bonchev–Trinajstić information content (AvgIpc) is 2.18. The summed E-state index contributed by atoms with van der Waals surface area (Å²) in [4.78, 5) is 4.30. The lowest BCUT2D eigenvalue weighted by atomic mass is 10.1. The lowest BCUT2D eigenvalue weighted by molar-refractivity contribution is 1.07. The zero-order valence-electron chi connectivity index (χ0n) is 7.00. The van der Waals surface area contributed by atoms with Crippen LogP contribution in [0.2, 0.25) is 0 Å². The van der Waals surface area contributed by atoms with Crippen LogP contribution in [0.3, 0.4) is 0 Å². The normalized spacial score (nSPS) is 10.6. The van der Waals surface area contributed by atoms with E-state index in [9.17, 15) is 0 Å². The Kier molecular flexibility index (Phi) is 2.29. The molecule has 2 N–H and O–H groups in total. The Morgan fingerprint density at radius 1 is 1.31 bits per heavy atom. The molecule has 1 aromatic carbocycles. The van der Waals surface area contributed by atoms with Gasteiger partial charge in [0.2, 0.25) is 0 Å². The minimum Gasteiger partial charge on any atom is -0.326 e. The number of rotatable bonds is 1. The van der Waals surface area contributed by atoms with Crippen molar-refractivity contribution in [1.29, 1.82) is 0 Å². The van der Waals surface area contributed by atoms with Crippen LogP contribution in [0.5, 0.6) is 0 Å². The van der Waals surface area contributed by atoms with Crippen molar-refractivity contribution in [3.63, 3.8) is 0 Å². The number of nitrogens with zero attached hydrogens (tertiary/aromatic N) is 1. The van der Waals surface area contributed by atoms with Crippen molar-refractivity contribution in [2.45, 2.75) is 6.54 Å². The minimum atomic E-state index is 0.509. The van der Waals surface area contributed by atoms with E-state index in [0.717, 1.165) is 20.9 Å². The Balaban J connectivity index is 2.84. The highest BCUT2D eigenvalue weighted by Crippen LogP contribution is 2.23. The topological polar surface area (TPSA) is 38.9 Å². The van der Waals surface area contributed by atoms with Crippen molar-refractivity contribution in [1.82, 2.24) is 4.98 Å². The molecule has 0 amide bonds. The third-order valence-electron chi connectivity index (χ3n) is 2.03. The number of aromatic nitrogens is 1. The van der Waals surface area contributed by atoms with Gasteiger partial charge in [-0.3, -0.25) is 4.98 Å². The van der Waals surface area contributed by atoms with E-state index >= 15 is 0 Å². The van der Waals surface area contributed by atoms with Gasteiger partial charge in [0.15, 0.2) is 0 Å². The molecule has 1 heterocycles. The SMILES string of the molecule is NCc1c(Br)ccc2cccnc12. The van der Waals surface area contributed by atoms with Gasteiger partial charge in [-0.05, 0) is 12.1 Å². The van der Waals surface area contributed by atoms with Crippen molar-refractivity contribution in [2.75, 3.05) is 0 Å². The van der Waals surface area contributed by atoms with Gasteiger partial charge in [0.05, 0.1) is 5.52 Å². The van der Waals surface area contributed by atoms with Crippen molar-refractivity contribution in [3.05, 3.63) is 40.5 Å². The molecule has 0 bridgehead atoms. The third kappa shape index (κ3) is 1.45. The van der Waals surface area contributed by atoms with Crippen LogP contribution < -0.4 is 5.73 Å². The molecule has 0 aliphatic heterocycles. The van der Waals surface area contributed by atoms with Crippen LogP contribution in [-0.4, -0.2) is 4.98 Å². The van der Waals surface area contributed by atoms with Crippen LogP contribution in [0.1, 0.15) is 5.56 Å². The van der Waals surface area contributed by atoms with Crippen molar-refractivity contribution >= 4 is 26.8 Å². The summed E-state index contributed by atoms with van der Waals surface area (Å²) in [5.74, 6) is 0. The van der Waals surface area contributed by atoms with Gasteiger partial charge in [-0.1, -0.05) is 28.1 Å². The monoisotopic (exact) mass is 236 g/mol. The van der Waals surface area contributed by atoms with E-state index in [2.05, 4.69) is 20.9 Å². The highest BCUT2D eigenvalue weighted by molar-refractivity contribution is 9.10. The predicted molar refractivity (Wildman–Crippen MR) is 57.3 cm³/mol. The molecule has 0 fully saturated rings. The second-order valence-electron chi connectivity index (χ2n) is 2.81. The number of benzene rings is 1. The van der Waals surface area contributed by atoms with Gasteiger partial charge < -0.3 is 5.73 Å². The number of pyridine rings is 1. The Labute approximate surface area is 84.9 Å². The van der Waals surface area contributed by atoms with Gasteiger partial charge in [-0.2, -0.15) is 0 Å². The van der Waals surface area contributed by atoms with Gasteiger partial charge in [0, 0.05) is 28.2 Å². The fraction of sp³-hybridized carbons (Fsp3) is 0.100. The summed E-state index contributed by atoms with van der Waals surface area (Å²) in [6.45, 7) is 0.509. The average molecular weight is 237 g/mol. The maximum absolute atomic E-state index is 5.65. The largest absolute Gasteiger partial charge is 0.326 e. The summed E-state index contributed by atoms with van der Waals surface area (Å²) in [7, 11) is 0. The smallest absolute Gasteiger partial charge is 0.0758 e. The zero-order chi connectivity index (χ0) is 9.26. The van der Waals surface area contributed by atoms with Crippen molar-refractivity contribution in [2.24, 2.45) is 5.73 Å². The Morgan fingerprint density at radius 2 is 2.15 bits per heavy atom. The van der Waals surface area contributed by atoms with Crippen LogP contribution in [0.25, 0.3) is 10.9 Å². The van der Waals surface area contributed by atoms with E-state index in [4.69, 9.17) is 5.73 Å². The number of fused-ring (bicyclic) bond motifs is 1. The summed E-state index contributed by atoms with van der Waals surface area (Å²) < 4.78 is 1.03. The van der Waals surface area contributed by atoms with Crippen LogP contribution in [0, 0.1) is 0 Å². The molecule has 0 aliphatic carbocycles. The second kappa shape index (κ2) is 3.44. The van der Waals surface area contributed by atoms with E-state index in [-0.39, 0.29) is 0 Å². The molecular weight excluding hydrogens is 228 g/mol. The summed E-state index contributed by atoms with van der Waals surface area (Å²) in [5.41, 5.74) is 7.70. The van der Waals surface area contributed by atoms with Gasteiger partial charge in [-0.15, -0.1) is 0 Å². The first-order chi connectivity index (χ1) is 6.33. The predicted octanol–water partition coefficient (Wildman–Crippen LogP) is 2.46. The number of nitrogens with two attached hydrogens (primary N) is 1. The summed E-state index contributed by atoms with van der Waals surface area (Å²) in [6, 6.07) is 8.00. The van der Waals surface area contributed by atoms with E-state index in [1.165, 1.54) is 0 Å². The summed E-state index contributed by atoms with van der Waals surface area (Å²) >= 11 is 3.46. The zero-order valence-corrected chi connectivity index (χ0v) is 8.58. The molecule has 66 valence electrons. The van der Waals surface area contributed by atoms with E-state index in [1.807, 2.05) is 24.3 Å². The standard InChI is InChI=1S/C10H9BrN2/c11-9-4-3-7-2-1-5-13-10(7)8(9)6-12/h1-5H,6,12H2. The maximum atomic E-state index is 5.65. The molecule has 2 nitrogen and oxygen atoms in total.